The summed E-state index contributed by atoms with van der Waals surface area (Å²) in [5, 5.41) is 9.75. The molecule has 0 saturated heterocycles. The summed E-state index contributed by atoms with van der Waals surface area (Å²) in [6.07, 6.45) is 12.7. The zero-order valence-electron chi connectivity index (χ0n) is 20.9. The highest BCUT2D eigenvalue weighted by Gasteiger charge is 2.38. The van der Waals surface area contributed by atoms with Gasteiger partial charge in [0.2, 0.25) is 0 Å². The zero-order valence-corrected chi connectivity index (χ0v) is 20.9. The molecule has 0 aromatic carbocycles. The van der Waals surface area contributed by atoms with Crippen molar-refractivity contribution in [3.63, 3.8) is 0 Å². The third-order valence-corrected chi connectivity index (χ3v) is 5.39. The fourth-order valence-corrected chi connectivity index (χ4v) is 3.45. The van der Waals surface area contributed by atoms with Crippen LogP contribution in [0.3, 0.4) is 0 Å². The lowest BCUT2D eigenvalue weighted by Crippen LogP contribution is -2.43. The van der Waals surface area contributed by atoms with Gasteiger partial charge in [-0.05, 0) is 77.5 Å². The SMILES string of the molecule is CC(=O)O[C@]1(C)/C=C/C(=O)/C(CO)=C\C[C@](C)(CCC=C(C)C)C=C[C@H]1OC(=O)C=C(C)C. The molecule has 0 saturated carbocycles. The first-order valence-corrected chi connectivity index (χ1v) is 11.2. The van der Waals surface area contributed by atoms with E-state index in [-0.39, 0.29) is 11.4 Å². The maximum absolute atomic E-state index is 12.7. The van der Waals surface area contributed by atoms with Crippen LogP contribution < -0.4 is 0 Å². The van der Waals surface area contributed by atoms with E-state index in [2.05, 4.69) is 6.08 Å². The molecule has 0 aromatic rings. The van der Waals surface area contributed by atoms with Crippen molar-refractivity contribution in [2.24, 2.45) is 5.41 Å². The predicted molar refractivity (Wildman–Crippen MR) is 129 cm³/mol. The van der Waals surface area contributed by atoms with Crippen LogP contribution in [0.2, 0.25) is 0 Å². The van der Waals surface area contributed by atoms with E-state index in [0.717, 1.165) is 18.4 Å². The number of esters is 2. The minimum atomic E-state index is -1.42. The maximum Gasteiger partial charge on any atom is 0.331 e. The van der Waals surface area contributed by atoms with Crippen LogP contribution in [0, 0.1) is 5.41 Å². The van der Waals surface area contributed by atoms with Crippen LogP contribution in [0.25, 0.3) is 0 Å². The molecule has 0 aliphatic heterocycles. The molecule has 3 atom stereocenters. The normalized spacial score (nSPS) is 27.9. The summed E-state index contributed by atoms with van der Waals surface area (Å²) >= 11 is 0. The lowest BCUT2D eigenvalue weighted by molar-refractivity contribution is -0.167. The lowest BCUT2D eigenvalue weighted by atomic mass is 9.80. The van der Waals surface area contributed by atoms with Gasteiger partial charge in [0, 0.05) is 18.6 Å². The minimum Gasteiger partial charge on any atom is -0.451 e. The van der Waals surface area contributed by atoms with Gasteiger partial charge in [-0.1, -0.05) is 36.3 Å². The Balaban J connectivity index is 3.58. The molecule has 0 amide bonds. The van der Waals surface area contributed by atoms with E-state index < -0.39 is 35.7 Å². The first-order chi connectivity index (χ1) is 15.3. The largest absolute Gasteiger partial charge is 0.451 e. The van der Waals surface area contributed by atoms with Crippen molar-refractivity contribution in [1.29, 1.82) is 0 Å². The molecule has 0 aromatic heterocycles. The summed E-state index contributed by atoms with van der Waals surface area (Å²) in [4.78, 5) is 37.1. The standard InChI is InChI=1S/C27H38O6/c1-19(2)9-8-13-26(6)14-10-22(18-28)23(30)11-16-27(7,33-21(5)29)24(12-15-26)32-25(31)17-20(3)4/h9-12,15-17,24,28H,8,13-14,18H2,1-7H3/b15-12?,16-11+,22-10-/t24-,26+,27-/m1/s1. The average Bonchev–Trinajstić information content (AvgIpc) is 2.69. The van der Waals surface area contributed by atoms with Gasteiger partial charge in [-0.25, -0.2) is 4.79 Å². The molecule has 0 radical (unpaired) electrons. The van der Waals surface area contributed by atoms with Crippen molar-refractivity contribution in [1.82, 2.24) is 0 Å². The van der Waals surface area contributed by atoms with Crippen molar-refractivity contribution < 1.29 is 29.0 Å². The number of carbonyl (C=O) groups excluding carboxylic acids is 3. The van der Waals surface area contributed by atoms with E-state index in [4.69, 9.17) is 9.47 Å². The third-order valence-electron chi connectivity index (χ3n) is 5.39. The Hall–Kier alpha value is -2.73. The first kappa shape index (κ1) is 28.3. The summed E-state index contributed by atoms with van der Waals surface area (Å²) in [7, 11) is 0. The van der Waals surface area contributed by atoms with E-state index in [9.17, 15) is 19.5 Å². The van der Waals surface area contributed by atoms with Crippen molar-refractivity contribution in [3.05, 3.63) is 59.3 Å². The predicted octanol–water partition coefficient (Wildman–Crippen LogP) is 4.94. The molecule has 1 aliphatic rings. The topological polar surface area (TPSA) is 89.9 Å². The summed E-state index contributed by atoms with van der Waals surface area (Å²) < 4.78 is 11.2. The fourth-order valence-electron chi connectivity index (χ4n) is 3.45. The van der Waals surface area contributed by atoms with Crippen LogP contribution in [-0.4, -0.2) is 41.1 Å². The van der Waals surface area contributed by atoms with Gasteiger partial charge < -0.3 is 14.6 Å². The number of hydrogen-bond donors (Lipinski definition) is 1. The zero-order chi connectivity index (χ0) is 25.2. The molecule has 1 N–H and O–H groups in total. The second-order valence-corrected chi connectivity index (χ2v) is 9.48. The van der Waals surface area contributed by atoms with Crippen LogP contribution in [0.5, 0.6) is 0 Å². The van der Waals surface area contributed by atoms with E-state index in [0.29, 0.717) is 6.42 Å². The number of ketones is 1. The van der Waals surface area contributed by atoms with E-state index in [1.807, 2.05) is 26.8 Å². The molecule has 0 bridgehead atoms. The van der Waals surface area contributed by atoms with Gasteiger partial charge in [-0.2, -0.15) is 0 Å². The Morgan fingerprint density at radius 2 is 1.79 bits per heavy atom. The molecule has 0 spiro atoms. The highest BCUT2D eigenvalue weighted by Crippen LogP contribution is 2.34. The quantitative estimate of drug-likeness (QED) is 0.330. The number of ether oxygens (including phenoxy) is 2. The molecule has 0 heterocycles. The Kier molecular flexibility index (Phi) is 10.7. The Labute approximate surface area is 197 Å². The number of aliphatic hydroxyl groups is 1. The molecule has 33 heavy (non-hydrogen) atoms. The van der Waals surface area contributed by atoms with E-state index in [1.54, 1.807) is 32.9 Å². The molecular weight excluding hydrogens is 420 g/mol. The van der Waals surface area contributed by atoms with Crippen molar-refractivity contribution in [2.45, 2.75) is 79.4 Å². The minimum absolute atomic E-state index is 0.262. The summed E-state index contributed by atoms with van der Waals surface area (Å²) in [6, 6.07) is 0. The highest BCUT2D eigenvalue weighted by atomic mass is 16.6. The molecule has 1 aliphatic carbocycles. The van der Waals surface area contributed by atoms with Crippen LogP contribution in [0.1, 0.15) is 67.7 Å². The number of rotatable bonds is 7. The molecule has 0 fully saturated rings. The summed E-state index contributed by atoms with van der Waals surface area (Å²) in [6.45, 7) is 12.1. The molecule has 0 unspecified atom stereocenters. The molecule has 6 nitrogen and oxygen atoms in total. The van der Waals surface area contributed by atoms with Gasteiger partial charge in [0.05, 0.1) is 6.61 Å². The number of hydrogen-bond acceptors (Lipinski definition) is 6. The lowest BCUT2D eigenvalue weighted by Gasteiger charge is -2.33. The number of carbonyl (C=O) groups is 3. The molecular formula is C27H38O6. The van der Waals surface area contributed by atoms with Crippen LogP contribution >= 0.6 is 0 Å². The second kappa shape index (κ2) is 12.5. The van der Waals surface area contributed by atoms with E-state index in [1.165, 1.54) is 30.7 Å². The van der Waals surface area contributed by atoms with Gasteiger partial charge in [0.1, 0.15) is 0 Å². The van der Waals surface area contributed by atoms with Crippen LogP contribution in [0.15, 0.2) is 59.3 Å². The third kappa shape index (κ3) is 9.74. The van der Waals surface area contributed by atoms with Gasteiger partial charge in [0.25, 0.3) is 0 Å². The maximum atomic E-state index is 12.7. The first-order valence-electron chi connectivity index (χ1n) is 11.2. The van der Waals surface area contributed by atoms with Gasteiger partial charge >= 0.3 is 11.9 Å². The van der Waals surface area contributed by atoms with Crippen molar-refractivity contribution in [2.75, 3.05) is 6.61 Å². The Bertz CT molecular complexity index is 880. The van der Waals surface area contributed by atoms with E-state index >= 15 is 0 Å². The monoisotopic (exact) mass is 458 g/mol. The average molecular weight is 459 g/mol. The molecule has 1 rings (SSSR count). The molecule has 182 valence electrons. The summed E-state index contributed by atoms with van der Waals surface area (Å²) in [5.41, 5.74) is 0.424. The smallest absolute Gasteiger partial charge is 0.331 e. The van der Waals surface area contributed by atoms with Crippen LogP contribution in [-0.2, 0) is 23.9 Å². The van der Waals surface area contributed by atoms with Gasteiger partial charge in [-0.15, -0.1) is 0 Å². The van der Waals surface area contributed by atoms with Crippen molar-refractivity contribution >= 4 is 17.7 Å². The van der Waals surface area contributed by atoms with Gasteiger partial charge in [-0.3, -0.25) is 9.59 Å². The highest BCUT2D eigenvalue weighted by molar-refractivity contribution is 6.04. The van der Waals surface area contributed by atoms with Crippen LogP contribution in [0.4, 0.5) is 0 Å². The summed E-state index contributed by atoms with van der Waals surface area (Å²) in [5.74, 6) is -1.54. The number of allylic oxidation sites excluding steroid dienone is 6. The number of aliphatic hydroxyl groups excluding tert-OH is 1. The fraction of sp³-hybridized carbons (Fsp3) is 0.519. The van der Waals surface area contributed by atoms with Crippen molar-refractivity contribution in [3.8, 4) is 0 Å². The second-order valence-electron chi connectivity index (χ2n) is 9.48. The van der Waals surface area contributed by atoms with Gasteiger partial charge in [0.15, 0.2) is 17.5 Å². The molecule has 6 heteroatoms. The Morgan fingerprint density at radius 1 is 1.12 bits per heavy atom. The Morgan fingerprint density at radius 3 is 2.33 bits per heavy atom.